The van der Waals surface area contributed by atoms with Crippen molar-refractivity contribution >= 4 is 39.1 Å². The zero-order chi connectivity index (χ0) is 18.8. The summed E-state index contributed by atoms with van der Waals surface area (Å²) in [5.74, 6) is 0.106. The molecule has 0 aromatic heterocycles. The third kappa shape index (κ3) is 3.78. The largest absolute Gasteiger partial charge is 0.490 e. The van der Waals surface area contributed by atoms with Crippen LogP contribution in [-0.2, 0) is 9.59 Å². The second-order valence-electron chi connectivity index (χ2n) is 6.51. The predicted octanol–water partition coefficient (Wildman–Crippen LogP) is 3.60. The quantitative estimate of drug-likeness (QED) is 0.755. The van der Waals surface area contributed by atoms with Crippen molar-refractivity contribution in [1.29, 1.82) is 0 Å². The van der Waals surface area contributed by atoms with Crippen LogP contribution >= 0.6 is 15.9 Å². The highest BCUT2D eigenvalue weighted by Gasteiger charge is 2.37. The van der Waals surface area contributed by atoms with E-state index >= 15 is 0 Å². The zero-order valence-corrected chi connectivity index (χ0v) is 16.2. The number of anilines is 2. The number of hydrogen-bond acceptors (Lipinski definition) is 4. The van der Waals surface area contributed by atoms with Gasteiger partial charge in [0.05, 0.1) is 13.2 Å². The van der Waals surface area contributed by atoms with Crippen molar-refractivity contribution in [2.24, 2.45) is 5.92 Å². The maximum atomic E-state index is 12.7. The van der Waals surface area contributed by atoms with Crippen molar-refractivity contribution in [2.75, 3.05) is 30.0 Å². The third-order valence-electron chi connectivity index (χ3n) is 4.66. The van der Waals surface area contributed by atoms with Gasteiger partial charge in [0.1, 0.15) is 5.92 Å². The van der Waals surface area contributed by atoms with E-state index in [0.717, 1.165) is 16.6 Å². The number of nitrogens with zero attached hydrogens (tertiary/aromatic N) is 1. The molecule has 2 aromatic carbocycles. The monoisotopic (exact) mass is 430 g/mol. The van der Waals surface area contributed by atoms with Gasteiger partial charge in [0.2, 0.25) is 11.8 Å². The summed E-state index contributed by atoms with van der Waals surface area (Å²) in [4.78, 5) is 27.1. The molecule has 1 fully saturated rings. The molecule has 2 aliphatic rings. The molecule has 140 valence electrons. The summed E-state index contributed by atoms with van der Waals surface area (Å²) >= 11 is 3.41. The molecule has 2 amide bonds. The lowest BCUT2D eigenvalue weighted by molar-refractivity contribution is -0.129. The summed E-state index contributed by atoms with van der Waals surface area (Å²) in [6.45, 7) is 1.71. The lowest BCUT2D eigenvalue weighted by Gasteiger charge is -2.17. The van der Waals surface area contributed by atoms with E-state index in [9.17, 15) is 9.59 Å². The molecule has 1 N–H and O–H groups in total. The Labute approximate surface area is 165 Å². The predicted molar refractivity (Wildman–Crippen MR) is 105 cm³/mol. The topological polar surface area (TPSA) is 67.9 Å². The van der Waals surface area contributed by atoms with Gasteiger partial charge in [-0.3, -0.25) is 9.59 Å². The van der Waals surface area contributed by atoms with Crippen molar-refractivity contribution < 1.29 is 19.1 Å². The van der Waals surface area contributed by atoms with E-state index in [4.69, 9.17) is 9.47 Å². The molecule has 2 aromatic rings. The van der Waals surface area contributed by atoms with Crippen LogP contribution in [0.3, 0.4) is 0 Å². The van der Waals surface area contributed by atoms with Crippen LogP contribution in [0.15, 0.2) is 46.9 Å². The molecule has 1 atom stereocenters. The Morgan fingerprint density at radius 1 is 1.11 bits per heavy atom. The molecule has 2 heterocycles. The molecular weight excluding hydrogens is 412 g/mol. The van der Waals surface area contributed by atoms with E-state index in [-0.39, 0.29) is 11.8 Å². The Kier molecular flexibility index (Phi) is 5.03. The Morgan fingerprint density at radius 2 is 1.93 bits per heavy atom. The highest BCUT2D eigenvalue weighted by atomic mass is 79.9. The standard InChI is InChI=1S/C20H19BrN2O4/c21-13-3-1-4-15(11-13)23-8-7-16(20(23)25)19(24)22-14-5-6-17-18(12-14)27-10-2-9-26-17/h1,3-6,11-12,16H,2,7-10H2,(H,22,24). The Balaban J connectivity index is 1.46. The number of fused-ring (bicyclic) bond motifs is 1. The fraction of sp³-hybridized carbons (Fsp3) is 0.300. The second-order valence-corrected chi connectivity index (χ2v) is 7.43. The van der Waals surface area contributed by atoms with Crippen molar-refractivity contribution in [3.63, 3.8) is 0 Å². The number of halogens is 1. The molecule has 2 aliphatic heterocycles. The lowest BCUT2D eigenvalue weighted by Crippen LogP contribution is -2.33. The molecule has 0 bridgehead atoms. The molecule has 1 unspecified atom stereocenters. The van der Waals surface area contributed by atoms with Crippen LogP contribution in [0.25, 0.3) is 0 Å². The maximum absolute atomic E-state index is 12.7. The van der Waals surface area contributed by atoms with Gasteiger partial charge in [-0.2, -0.15) is 0 Å². The summed E-state index contributed by atoms with van der Waals surface area (Å²) in [5, 5.41) is 2.84. The lowest BCUT2D eigenvalue weighted by atomic mass is 10.1. The van der Waals surface area contributed by atoms with E-state index in [1.807, 2.05) is 24.3 Å². The number of hydrogen-bond donors (Lipinski definition) is 1. The molecule has 0 saturated carbocycles. The van der Waals surface area contributed by atoms with Gasteiger partial charge in [-0.05, 0) is 36.8 Å². The Morgan fingerprint density at radius 3 is 2.74 bits per heavy atom. The fourth-order valence-electron chi connectivity index (χ4n) is 3.29. The SMILES string of the molecule is O=C(Nc1ccc2c(c1)OCCCO2)C1CCN(c2cccc(Br)c2)C1=O. The minimum absolute atomic E-state index is 0.181. The number of ether oxygens (including phenoxy) is 2. The molecule has 27 heavy (non-hydrogen) atoms. The molecule has 7 heteroatoms. The zero-order valence-electron chi connectivity index (χ0n) is 14.6. The number of amides is 2. The summed E-state index contributed by atoms with van der Waals surface area (Å²) in [6.07, 6.45) is 1.31. The van der Waals surface area contributed by atoms with E-state index in [2.05, 4.69) is 21.2 Å². The van der Waals surface area contributed by atoms with Gasteiger partial charge in [-0.25, -0.2) is 0 Å². The smallest absolute Gasteiger partial charge is 0.239 e. The van der Waals surface area contributed by atoms with Crippen LogP contribution in [-0.4, -0.2) is 31.6 Å². The van der Waals surface area contributed by atoms with E-state index in [0.29, 0.717) is 43.4 Å². The van der Waals surface area contributed by atoms with Gasteiger partial charge in [0.25, 0.3) is 0 Å². The van der Waals surface area contributed by atoms with Crippen LogP contribution in [0, 0.1) is 5.92 Å². The number of benzene rings is 2. The van der Waals surface area contributed by atoms with Crippen molar-refractivity contribution in [2.45, 2.75) is 12.8 Å². The van der Waals surface area contributed by atoms with Crippen LogP contribution in [0.2, 0.25) is 0 Å². The number of carbonyl (C=O) groups is 2. The highest BCUT2D eigenvalue weighted by Crippen LogP contribution is 2.33. The maximum Gasteiger partial charge on any atom is 0.239 e. The van der Waals surface area contributed by atoms with Crippen molar-refractivity contribution in [3.8, 4) is 11.5 Å². The third-order valence-corrected chi connectivity index (χ3v) is 5.15. The van der Waals surface area contributed by atoms with Crippen LogP contribution < -0.4 is 19.7 Å². The average Bonchev–Trinajstić information content (AvgIpc) is 2.89. The number of nitrogens with one attached hydrogen (secondary N) is 1. The van der Waals surface area contributed by atoms with Gasteiger partial charge >= 0.3 is 0 Å². The normalized spacial score (nSPS) is 18.9. The van der Waals surface area contributed by atoms with Gasteiger partial charge in [-0.1, -0.05) is 22.0 Å². The highest BCUT2D eigenvalue weighted by molar-refractivity contribution is 9.10. The second kappa shape index (κ2) is 7.60. The minimum Gasteiger partial charge on any atom is -0.490 e. The Bertz CT molecular complexity index is 886. The van der Waals surface area contributed by atoms with Gasteiger partial charge in [-0.15, -0.1) is 0 Å². The molecule has 0 aliphatic carbocycles. The Hall–Kier alpha value is -2.54. The molecule has 0 radical (unpaired) electrons. The van der Waals surface area contributed by atoms with E-state index in [1.54, 1.807) is 23.1 Å². The van der Waals surface area contributed by atoms with Crippen molar-refractivity contribution in [3.05, 3.63) is 46.9 Å². The summed E-state index contributed by atoms with van der Waals surface area (Å²) in [6, 6.07) is 12.8. The summed E-state index contributed by atoms with van der Waals surface area (Å²) in [7, 11) is 0. The van der Waals surface area contributed by atoms with Gasteiger partial charge in [0.15, 0.2) is 11.5 Å². The molecule has 1 saturated heterocycles. The van der Waals surface area contributed by atoms with Crippen LogP contribution in [0.4, 0.5) is 11.4 Å². The molecule has 4 rings (SSSR count). The first-order valence-electron chi connectivity index (χ1n) is 8.89. The molecule has 6 nitrogen and oxygen atoms in total. The first-order chi connectivity index (χ1) is 13.1. The summed E-state index contributed by atoms with van der Waals surface area (Å²) in [5.41, 5.74) is 1.39. The van der Waals surface area contributed by atoms with Crippen molar-refractivity contribution in [1.82, 2.24) is 0 Å². The number of rotatable bonds is 3. The van der Waals surface area contributed by atoms with Crippen LogP contribution in [0.1, 0.15) is 12.8 Å². The average molecular weight is 431 g/mol. The van der Waals surface area contributed by atoms with E-state index in [1.165, 1.54) is 0 Å². The van der Waals surface area contributed by atoms with Gasteiger partial charge in [0, 0.05) is 34.9 Å². The van der Waals surface area contributed by atoms with Gasteiger partial charge < -0.3 is 19.7 Å². The first-order valence-corrected chi connectivity index (χ1v) is 9.68. The fourth-order valence-corrected chi connectivity index (χ4v) is 3.68. The first kappa shape index (κ1) is 17.9. The minimum atomic E-state index is -0.694. The van der Waals surface area contributed by atoms with E-state index < -0.39 is 5.92 Å². The number of carbonyl (C=O) groups excluding carboxylic acids is 2. The van der Waals surface area contributed by atoms with Crippen LogP contribution in [0.5, 0.6) is 11.5 Å². The molecular formula is C20H19BrN2O4. The summed E-state index contributed by atoms with van der Waals surface area (Å²) < 4.78 is 12.1. The molecule has 0 spiro atoms.